The van der Waals surface area contributed by atoms with Crippen LogP contribution in [0.25, 0.3) is 0 Å². The Bertz CT molecular complexity index is 627. The van der Waals surface area contributed by atoms with Crippen molar-refractivity contribution in [3.63, 3.8) is 0 Å². The molecule has 0 bridgehead atoms. The Hall–Kier alpha value is -1.41. The van der Waals surface area contributed by atoms with Gasteiger partial charge in [-0.05, 0) is 36.2 Å². The van der Waals surface area contributed by atoms with Crippen molar-refractivity contribution >= 4 is 8.07 Å². The van der Waals surface area contributed by atoms with E-state index < -0.39 is 8.07 Å². The molecule has 4 heteroatoms. The van der Waals surface area contributed by atoms with E-state index in [4.69, 9.17) is 4.74 Å². The summed E-state index contributed by atoms with van der Waals surface area (Å²) in [5.41, 5.74) is 3.71. The highest BCUT2D eigenvalue weighted by Crippen LogP contribution is 2.45. The second-order valence-corrected chi connectivity index (χ2v) is 15.0. The minimum atomic E-state index is -1.96. The molecule has 1 aromatic rings. The van der Waals surface area contributed by atoms with Gasteiger partial charge in [0, 0.05) is 0 Å². The van der Waals surface area contributed by atoms with Gasteiger partial charge in [-0.3, -0.25) is 4.90 Å². The van der Waals surface area contributed by atoms with Gasteiger partial charge in [0.25, 0.3) is 0 Å². The average molecular weight is 401 g/mol. The molecular weight excluding hydrogens is 360 g/mol. The molecule has 0 fully saturated rings. The first-order valence-corrected chi connectivity index (χ1v) is 12.8. The molecule has 0 amide bonds. The Morgan fingerprint density at radius 2 is 1.57 bits per heavy atom. The number of rotatable bonds is 11. The van der Waals surface area contributed by atoms with Crippen molar-refractivity contribution in [3.05, 3.63) is 48.0 Å². The Kier molecular flexibility index (Phi) is 9.63. The summed E-state index contributed by atoms with van der Waals surface area (Å²) < 4.78 is 6.06. The topological polar surface area (TPSA) is 36.3 Å². The molecule has 0 aliphatic rings. The first kappa shape index (κ1) is 24.6. The van der Waals surface area contributed by atoms with Crippen LogP contribution >= 0.6 is 0 Å². The lowest BCUT2D eigenvalue weighted by Gasteiger charge is -2.50. The van der Waals surface area contributed by atoms with Crippen LogP contribution < -0.4 is 0 Å². The van der Waals surface area contributed by atoms with Crippen LogP contribution in [-0.2, 0) is 11.3 Å². The number of nitrogens with zero attached hydrogens (tertiary/aromatic N) is 2. The highest BCUT2D eigenvalue weighted by Gasteiger charge is 2.52. The third kappa shape index (κ3) is 5.35. The molecule has 0 aromatic heterocycles. The van der Waals surface area contributed by atoms with Gasteiger partial charge in [-0.25, -0.2) is 0 Å². The van der Waals surface area contributed by atoms with Crippen molar-refractivity contribution in [1.82, 2.24) is 4.90 Å². The lowest BCUT2D eigenvalue weighted by Crippen LogP contribution is -2.63. The molecule has 0 spiro atoms. The maximum atomic E-state index is 10.3. The zero-order chi connectivity index (χ0) is 21.5. The summed E-state index contributed by atoms with van der Waals surface area (Å²) in [4.78, 5) is 2.26. The van der Waals surface area contributed by atoms with E-state index in [2.05, 4.69) is 78.3 Å². The lowest BCUT2D eigenvalue weighted by molar-refractivity contribution is 0.0717. The highest BCUT2D eigenvalue weighted by molar-refractivity contribution is 6.85. The Balaban J connectivity index is 3.09. The second kappa shape index (κ2) is 10.9. The molecule has 28 heavy (non-hydrogen) atoms. The molecule has 1 aromatic carbocycles. The van der Waals surface area contributed by atoms with Gasteiger partial charge in [-0.2, -0.15) is 5.26 Å². The summed E-state index contributed by atoms with van der Waals surface area (Å²) in [6.07, 6.45) is 0. The number of hydrogen-bond acceptors (Lipinski definition) is 3. The summed E-state index contributed by atoms with van der Waals surface area (Å²) in [5.74, 6) is 0. The molecule has 2 atom stereocenters. The van der Waals surface area contributed by atoms with Crippen molar-refractivity contribution in [2.24, 2.45) is 0 Å². The quantitative estimate of drug-likeness (QED) is 0.328. The summed E-state index contributed by atoms with van der Waals surface area (Å²) in [6, 6.07) is 13.0. The largest absolute Gasteiger partial charge is 0.375 e. The SMILES string of the molecule is C=C(C)C(COCc1ccccc1)N(C)C(C#N)[Si](C(C)C)(C(C)C)C(C)C. The fourth-order valence-corrected chi connectivity index (χ4v) is 12.2. The molecular formula is C24H40N2OSi. The number of ether oxygens (including phenoxy) is 1. The number of likely N-dealkylation sites (N-methyl/N-ethyl adjacent to an activating group) is 1. The van der Waals surface area contributed by atoms with Gasteiger partial charge in [0.05, 0.1) is 39.1 Å². The molecule has 0 radical (unpaired) electrons. The first-order valence-electron chi connectivity index (χ1n) is 10.5. The van der Waals surface area contributed by atoms with E-state index in [1.54, 1.807) is 0 Å². The normalized spacial score (nSPS) is 14.5. The van der Waals surface area contributed by atoms with Crippen LogP contribution in [0.5, 0.6) is 0 Å². The minimum Gasteiger partial charge on any atom is -0.375 e. The molecule has 0 aliphatic heterocycles. The Morgan fingerprint density at radius 3 is 1.96 bits per heavy atom. The summed E-state index contributed by atoms with van der Waals surface area (Å²) >= 11 is 0. The molecule has 1 rings (SSSR count). The molecule has 156 valence electrons. The molecule has 0 N–H and O–H groups in total. The van der Waals surface area contributed by atoms with E-state index in [1.165, 1.54) is 0 Å². The maximum Gasteiger partial charge on any atom is 0.0986 e. The van der Waals surface area contributed by atoms with E-state index in [9.17, 15) is 5.26 Å². The van der Waals surface area contributed by atoms with Gasteiger partial charge in [0.1, 0.15) is 0 Å². The standard InChI is InChI=1S/C24H40N2OSi/c1-18(2)23(17-27-16-22-13-11-10-12-14-22)26(9)24(15-25)28(19(3)4,20(5)6)21(7)8/h10-14,19-21,23-24H,1,16-17H2,2-9H3. The van der Waals surface area contributed by atoms with Gasteiger partial charge in [0.15, 0.2) is 0 Å². The van der Waals surface area contributed by atoms with Gasteiger partial charge in [0.2, 0.25) is 0 Å². The number of nitriles is 1. The molecule has 0 aliphatic carbocycles. The van der Waals surface area contributed by atoms with Crippen molar-refractivity contribution < 1.29 is 4.74 Å². The van der Waals surface area contributed by atoms with Crippen molar-refractivity contribution in [1.29, 1.82) is 5.26 Å². The zero-order valence-electron chi connectivity index (χ0n) is 19.2. The summed E-state index contributed by atoms with van der Waals surface area (Å²) in [7, 11) is 0.128. The minimum absolute atomic E-state index is 0.0384. The third-order valence-electron chi connectivity index (χ3n) is 6.45. The predicted octanol–water partition coefficient (Wildman–Crippen LogP) is 6.19. The van der Waals surface area contributed by atoms with Gasteiger partial charge in [-0.1, -0.05) is 84.0 Å². The van der Waals surface area contributed by atoms with Crippen LogP contribution in [0.4, 0.5) is 0 Å². The molecule has 0 saturated carbocycles. The molecule has 0 saturated heterocycles. The molecule has 2 unspecified atom stereocenters. The van der Waals surface area contributed by atoms with Gasteiger partial charge in [-0.15, -0.1) is 0 Å². The fraction of sp³-hybridized carbons (Fsp3) is 0.625. The van der Waals surface area contributed by atoms with E-state index in [1.807, 2.05) is 25.1 Å². The van der Waals surface area contributed by atoms with Crippen molar-refractivity contribution in [2.45, 2.75) is 83.4 Å². The van der Waals surface area contributed by atoms with Crippen LogP contribution in [0.2, 0.25) is 16.6 Å². The number of hydrogen-bond donors (Lipinski definition) is 0. The predicted molar refractivity (Wildman–Crippen MR) is 123 cm³/mol. The van der Waals surface area contributed by atoms with E-state index in [-0.39, 0.29) is 11.7 Å². The van der Waals surface area contributed by atoms with Crippen LogP contribution in [-0.4, -0.2) is 38.3 Å². The fourth-order valence-electron chi connectivity index (χ4n) is 5.15. The third-order valence-corrected chi connectivity index (χ3v) is 13.9. The second-order valence-electron chi connectivity index (χ2n) is 9.02. The van der Waals surface area contributed by atoms with Crippen LogP contribution in [0.3, 0.4) is 0 Å². The monoisotopic (exact) mass is 400 g/mol. The smallest absolute Gasteiger partial charge is 0.0986 e. The Morgan fingerprint density at radius 1 is 1.07 bits per heavy atom. The van der Waals surface area contributed by atoms with Crippen molar-refractivity contribution in [3.8, 4) is 6.07 Å². The average Bonchev–Trinajstić information content (AvgIpc) is 2.62. The van der Waals surface area contributed by atoms with Gasteiger partial charge < -0.3 is 4.74 Å². The highest BCUT2D eigenvalue weighted by atomic mass is 28.3. The van der Waals surface area contributed by atoms with E-state index >= 15 is 0 Å². The van der Waals surface area contributed by atoms with E-state index in [0.717, 1.165) is 11.1 Å². The van der Waals surface area contributed by atoms with Gasteiger partial charge >= 0.3 is 0 Å². The van der Waals surface area contributed by atoms with Crippen LogP contribution in [0, 0.1) is 11.3 Å². The Labute approximate surface area is 174 Å². The van der Waals surface area contributed by atoms with Crippen molar-refractivity contribution in [2.75, 3.05) is 13.7 Å². The van der Waals surface area contributed by atoms with Crippen LogP contribution in [0.1, 0.15) is 54.0 Å². The molecule has 3 nitrogen and oxygen atoms in total. The van der Waals surface area contributed by atoms with E-state index in [0.29, 0.717) is 29.8 Å². The first-order chi connectivity index (χ1) is 13.1. The lowest BCUT2D eigenvalue weighted by atomic mass is 10.1. The summed E-state index contributed by atoms with van der Waals surface area (Å²) in [5, 5.41) is 10.3. The maximum absolute atomic E-state index is 10.3. The number of benzene rings is 1. The van der Waals surface area contributed by atoms with Crippen LogP contribution in [0.15, 0.2) is 42.5 Å². The molecule has 0 heterocycles. The summed E-state index contributed by atoms with van der Waals surface area (Å²) in [6.45, 7) is 21.3. The zero-order valence-corrected chi connectivity index (χ0v) is 20.2.